The topological polar surface area (TPSA) is 93.0 Å². The molecule has 8 nitrogen and oxygen atoms in total. The lowest BCUT2D eigenvalue weighted by molar-refractivity contribution is -0.121. The summed E-state index contributed by atoms with van der Waals surface area (Å²) in [7, 11) is 0. The standard InChI is InChI=1S/C21H24N6O2S/c1-14(2)18-16(12-24-27(18)17-7-3-4-8-22-17)20(29)26-10-5-6-15(13-26)19(28)25-21-23-9-11-30-21/h3-4,7-9,11-12,14-15H,5-6,10,13H2,1-2H3,(H,23,25,28)/t15-/m1/s1. The number of aromatic nitrogens is 4. The van der Waals surface area contributed by atoms with E-state index in [-0.39, 0.29) is 23.7 Å². The number of nitrogens with zero attached hydrogens (tertiary/aromatic N) is 5. The zero-order valence-corrected chi connectivity index (χ0v) is 17.8. The Labute approximate surface area is 179 Å². The second-order valence-corrected chi connectivity index (χ2v) is 8.51. The molecule has 0 spiro atoms. The van der Waals surface area contributed by atoms with Crippen molar-refractivity contribution in [2.24, 2.45) is 5.92 Å². The number of hydrogen-bond donors (Lipinski definition) is 1. The first kappa shape index (κ1) is 20.2. The summed E-state index contributed by atoms with van der Waals surface area (Å²) in [6.07, 6.45) is 6.52. The Kier molecular flexibility index (Phi) is 5.89. The van der Waals surface area contributed by atoms with E-state index in [4.69, 9.17) is 0 Å². The fourth-order valence-corrected chi connectivity index (χ4v) is 4.31. The van der Waals surface area contributed by atoms with Gasteiger partial charge in [0.1, 0.15) is 0 Å². The van der Waals surface area contributed by atoms with E-state index < -0.39 is 0 Å². The molecule has 0 radical (unpaired) electrons. The number of anilines is 1. The highest BCUT2D eigenvalue weighted by molar-refractivity contribution is 7.13. The van der Waals surface area contributed by atoms with Gasteiger partial charge < -0.3 is 10.2 Å². The maximum Gasteiger partial charge on any atom is 0.257 e. The largest absolute Gasteiger partial charge is 0.338 e. The van der Waals surface area contributed by atoms with Crippen LogP contribution >= 0.6 is 11.3 Å². The zero-order chi connectivity index (χ0) is 21.1. The predicted molar refractivity (Wildman–Crippen MR) is 115 cm³/mol. The van der Waals surface area contributed by atoms with Gasteiger partial charge in [-0.05, 0) is 30.9 Å². The fraction of sp³-hybridized carbons (Fsp3) is 0.381. The van der Waals surface area contributed by atoms with Gasteiger partial charge in [0.25, 0.3) is 5.91 Å². The second kappa shape index (κ2) is 8.74. The molecule has 1 N–H and O–H groups in total. The van der Waals surface area contributed by atoms with Gasteiger partial charge in [-0.2, -0.15) is 5.10 Å². The maximum absolute atomic E-state index is 13.4. The van der Waals surface area contributed by atoms with Crippen LogP contribution < -0.4 is 5.32 Å². The molecule has 0 aliphatic carbocycles. The highest BCUT2D eigenvalue weighted by Crippen LogP contribution is 2.26. The lowest BCUT2D eigenvalue weighted by Gasteiger charge is -2.32. The van der Waals surface area contributed by atoms with E-state index in [1.54, 1.807) is 28.2 Å². The van der Waals surface area contributed by atoms with Crippen LogP contribution in [0.5, 0.6) is 0 Å². The number of likely N-dealkylation sites (tertiary alicyclic amines) is 1. The molecule has 0 saturated carbocycles. The van der Waals surface area contributed by atoms with Crippen molar-refractivity contribution < 1.29 is 9.59 Å². The Bertz CT molecular complexity index is 1020. The minimum Gasteiger partial charge on any atom is -0.338 e. The van der Waals surface area contributed by atoms with Crippen molar-refractivity contribution in [3.8, 4) is 5.82 Å². The first-order valence-corrected chi connectivity index (χ1v) is 10.9. The summed E-state index contributed by atoms with van der Waals surface area (Å²) in [6, 6.07) is 5.61. The molecule has 3 aromatic rings. The molecule has 0 unspecified atom stereocenters. The summed E-state index contributed by atoms with van der Waals surface area (Å²) in [5, 5.41) is 9.70. The Morgan fingerprint density at radius 1 is 1.23 bits per heavy atom. The number of thiazole rings is 1. The molecule has 1 saturated heterocycles. The molecule has 9 heteroatoms. The average Bonchev–Trinajstić information content (AvgIpc) is 3.44. The number of carbonyl (C=O) groups excluding carboxylic acids is 2. The monoisotopic (exact) mass is 424 g/mol. The summed E-state index contributed by atoms with van der Waals surface area (Å²) in [5.41, 5.74) is 1.39. The third-order valence-electron chi connectivity index (χ3n) is 5.19. The number of rotatable bonds is 5. The van der Waals surface area contributed by atoms with Crippen LogP contribution in [0.4, 0.5) is 5.13 Å². The van der Waals surface area contributed by atoms with Gasteiger partial charge >= 0.3 is 0 Å². The third-order valence-corrected chi connectivity index (χ3v) is 5.88. The highest BCUT2D eigenvalue weighted by atomic mass is 32.1. The first-order chi connectivity index (χ1) is 14.5. The zero-order valence-electron chi connectivity index (χ0n) is 17.0. The average molecular weight is 425 g/mol. The van der Waals surface area contributed by atoms with Gasteiger partial charge in [-0.15, -0.1) is 11.3 Å². The maximum atomic E-state index is 13.4. The van der Waals surface area contributed by atoms with E-state index in [0.717, 1.165) is 18.5 Å². The lowest BCUT2D eigenvalue weighted by atomic mass is 9.96. The van der Waals surface area contributed by atoms with Crippen molar-refractivity contribution in [3.63, 3.8) is 0 Å². The molecule has 0 bridgehead atoms. The van der Waals surface area contributed by atoms with Gasteiger partial charge in [-0.3, -0.25) is 9.59 Å². The quantitative estimate of drug-likeness (QED) is 0.678. The number of pyridine rings is 1. The highest BCUT2D eigenvalue weighted by Gasteiger charge is 2.32. The van der Waals surface area contributed by atoms with E-state index in [1.165, 1.54) is 11.3 Å². The minimum atomic E-state index is -0.250. The molecule has 3 aromatic heterocycles. The number of hydrogen-bond acceptors (Lipinski definition) is 6. The lowest BCUT2D eigenvalue weighted by Crippen LogP contribution is -2.44. The predicted octanol–water partition coefficient (Wildman–Crippen LogP) is 3.34. The van der Waals surface area contributed by atoms with Gasteiger partial charge in [-0.25, -0.2) is 14.6 Å². The molecule has 1 aliphatic heterocycles. The number of carbonyl (C=O) groups is 2. The van der Waals surface area contributed by atoms with Crippen LogP contribution in [0.1, 0.15) is 48.7 Å². The van der Waals surface area contributed by atoms with E-state index in [1.807, 2.05) is 37.4 Å². The van der Waals surface area contributed by atoms with Gasteiger partial charge in [0.15, 0.2) is 10.9 Å². The summed E-state index contributed by atoms with van der Waals surface area (Å²) in [5.74, 6) is 0.338. The van der Waals surface area contributed by atoms with Crippen molar-refractivity contribution in [2.75, 3.05) is 18.4 Å². The Hall–Kier alpha value is -3.07. The van der Waals surface area contributed by atoms with Gasteiger partial charge in [0.05, 0.1) is 23.4 Å². The van der Waals surface area contributed by atoms with Crippen molar-refractivity contribution in [1.82, 2.24) is 24.6 Å². The third kappa shape index (κ3) is 4.11. The second-order valence-electron chi connectivity index (χ2n) is 7.61. The number of nitrogens with one attached hydrogen (secondary N) is 1. The molecular weight excluding hydrogens is 400 g/mol. The molecule has 1 atom stereocenters. The van der Waals surface area contributed by atoms with Crippen LogP contribution in [-0.4, -0.2) is 49.6 Å². The van der Waals surface area contributed by atoms with Crippen molar-refractivity contribution in [2.45, 2.75) is 32.6 Å². The van der Waals surface area contributed by atoms with E-state index in [9.17, 15) is 9.59 Å². The summed E-state index contributed by atoms with van der Waals surface area (Å²) >= 11 is 1.38. The van der Waals surface area contributed by atoms with Crippen LogP contribution in [0.25, 0.3) is 5.82 Å². The Morgan fingerprint density at radius 3 is 2.80 bits per heavy atom. The molecule has 4 rings (SSSR count). The van der Waals surface area contributed by atoms with Crippen LogP contribution in [0.15, 0.2) is 42.2 Å². The Morgan fingerprint density at radius 2 is 2.10 bits per heavy atom. The SMILES string of the molecule is CC(C)c1c(C(=O)N2CCC[C@@H](C(=O)Nc3nccs3)C2)cnn1-c1ccccn1. The van der Waals surface area contributed by atoms with Crippen LogP contribution in [0.2, 0.25) is 0 Å². The van der Waals surface area contributed by atoms with E-state index in [2.05, 4.69) is 20.4 Å². The van der Waals surface area contributed by atoms with Crippen LogP contribution in [0, 0.1) is 5.92 Å². The van der Waals surface area contributed by atoms with E-state index in [0.29, 0.717) is 29.6 Å². The molecular formula is C21H24N6O2S. The summed E-state index contributed by atoms with van der Waals surface area (Å²) in [4.78, 5) is 36.2. The van der Waals surface area contributed by atoms with E-state index >= 15 is 0 Å². The summed E-state index contributed by atoms with van der Waals surface area (Å²) < 4.78 is 1.73. The van der Waals surface area contributed by atoms with Crippen molar-refractivity contribution in [3.05, 3.63) is 53.4 Å². The Balaban J connectivity index is 1.54. The molecule has 1 aliphatic rings. The molecule has 156 valence electrons. The first-order valence-electron chi connectivity index (χ1n) is 10.0. The molecule has 1 fully saturated rings. The summed E-state index contributed by atoms with van der Waals surface area (Å²) in [6.45, 7) is 5.09. The van der Waals surface area contributed by atoms with Crippen LogP contribution in [0.3, 0.4) is 0 Å². The molecule has 4 heterocycles. The smallest absolute Gasteiger partial charge is 0.257 e. The molecule has 0 aromatic carbocycles. The minimum absolute atomic E-state index is 0.0854. The number of amides is 2. The van der Waals surface area contributed by atoms with Crippen molar-refractivity contribution >= 4 is 28.3 Å². The van der Waals surface area contributed by atoms with Gasteiger partial charge in [0, 0.05) is 30.9 Å². The normalized spacial score (nSPS) is 16.6. The van der Waals surface area contributed by atoms with Gasteiger partial charge in [0.2, 0.25) is 5.91 Å². The van der Waals surface area contributed by atoms with Crippen LogP contribution in [-0.2, 0) is 4.79 Å². The molecule has 2 amide bonds. The van der Waals surface area contributed by atoms with Gasteiger partial charge in [-0.1, -0.05) is 19.9 Å². The fourth-order valence-electron chi connectivity index (χ4n) is 3.78. The van der Waals surface area contributed by atoms with Crippen molar-refractivity contribution in [1.29, 1.82) is 0 Å². The molecule has 30 heavy (non-hydrogen) atoms. The number of piperidine rings is 1.